The topological polar surface area (TPSA) is 70.7 Å². The molecule has 1 saturated carbocycles. The first-order valence-corrected chi connectivity index (χ1v) is 7.46. The highest BCUT2D eigenvalue weighted by Gasteiger charge is 2.26. The van der Waals surface area contributed by atoms with E-state index in [1.807, 2.05) is 0 Å². The molecule has 1 heterocycles. The number of H-pyrrole nitrogens is 1. The van der Waals surface area contributed by atoms with Gasteiger partial charge in [0.05, 0.1) is 0 Å². The molecule has 2 rings (SSSR count). The van der Waals surface area contributed by atoms with Gasteiger partial charge in [-0.2, -0.15) is 0 Å². The molecular weight excluding hydrogens is 240 g/mol. The Morgan fingerprint density at radius 3 is 2.89 bits per heavy atom. The van der Waals surface area contributed by atoms with Gasteiger partial charge < -0.3 is 5.32 Å². The number of carbonyl (C=O) groups excluding carboxylic acids is 1. The van der Waals surface area contributed by atoms with Crippen LogP contribution in [-0.4, -0.2) is 27.1 Å². The Morgan fingerprint density at radius 2 is 2.16 bits per heavy atom. The number of nitrogens with zero attached hydrogens (tertiary/aromatic N) is 2. The second-order valence-electron chi connectivity index (χ2n) is 5.39. The molecular formula is C14H24N4O. The number of hydrogen-bond acceptors (Lipinski definition) is 3. The van der Waals surface area contributed by atoms with Crippen molar-refractivity contribution < 1.29 is 4.79 Å². The highest BCUT2D eigenvalue weighted by atomic mass is 16.2. The molecule has 1 fully saturated rings. The van der Waals surface area contributed by atoms with Gasteiger partial charge in [-0.05, 0) is 25.2 Å². The minimum atomic E-state index is -0.135. The lowest BCUT2D eigenvalue weighted by Gasteiger charge is -2.31. The van der Waals surface area contributed by atoms with Gasteiger partial charge in [-0.3, -0.25) is 9.89 Å². The van der Waals surface area contributed by atoms with Gasteiger partial charge in [0.15, 0.2) is 0 Å². The van der Waals surface area contributed by atoms with E-state index in [2.05, 4.69) is 34.3 Å². The Balaban J connectivity index is 1.95. The Morgan fingerprint density at radius 1 is 1.37 bits per heavy atom. The molecule has 0 spiro atoms. The van der Waals surface area contributed by atoms with Crippen molar-refractivity contribution in [3.05, 3.63) is 11.6 Å². The number of amides is 1. The monoisotopic (exact) mass is 264 g/mol. The number of hydrogen-bond donors (Lipinski definition) is 2. The molecule has 0 aromatic carbocycles. The van der Waals surface area contributed by atoms with Gasteiger partial charge in [0, 0.05) is 12.5 Å². The van der Waals surface area contributed by atoms with Gasteiger partial charge in [0.1, 0.15) is 5.82 Å². The number of nitrogens with one attached hydrogen (secondary N) is 2. The predicted octanol–water partition coefficient (Wildman–Crippen LogP) is 2.46. The average Bonchev–Trinajstić information content (AvgIpc) is 2.88. The highest BCUT2D eigenvalue weighted by Crippen LogP contribution is 2.26. The van der Waals surface area contributed by atoms with E-state index >= 15 is 0 Å². The van der Waals surface area contributed by atoms with Crippen LogP contribution >= 0.6 is 0 Å². The van der Waals surface area contributed by atoms with Crippen molar-refractivity contribution in [1.82, 2.24) is 20.5 Å². The molecule has 1 aliphatic carbocycles. The number of aryl methyl sites for hydroxylation is 1. The van der Waals surface area contributed by atoms with E-state index in [0.717, 1.165) is 31.5 Å². The molecule has 106 valence electrons. The maximum atomic E-state index is 12.1. The molecule has 1 aromatic heterocycles. The summed E-state index contributed by atoms with van der Waals surface area (Å²) in [6.45, 7) is 4.28. The average molecular weight is 264 g/mol. The zero-order valence-corrected chi connectivity index (χ0v) is 11.9. The van der Waals surface area contributed by atoms with Crippen LogP contribution in [0.5, 0.6) is 0 Å². The Hall–Kier alpha value is -1.39. The number of carbonyl (C=O) groups is 1. The van der Waals surface area contributed by atoms with Crippen molar-refractivity contribution in [2.75, 3.05) is 0 Å². The van der Waals surface area contributed by atoms with E-state index < -0.39 is 0 Å². The fourth-order valence-electron chi connectivity index (χ4n) is 2.86. The second kappa shape index (κ2) is 6.68. The van der Waals surface area contributed by atoms with Crippen LogP contribution in [0.1, 0.15) is 68.8 Å². The minimum Gasteiger partial charge on any atom is -0.346 e. The molecule has 0 saturated heterocycles. The van der Waals surface area contributed by atoms with Gasteiger partial charge >= 0.3 is 0 Å². The standard InChI is InChI=1S/C14H24N4O/c1-3-7-12-16-13(18-17-12)14(19)15-11-9-6-5-8-10(11)4-2/h10-11H,3-9H2,1-2H3,(H,15,19)(H,16,17,18). The Bertz CT molecular complexity index is 415. The van der Waals surface area contributed by atoms with Crippen molar-refractivity contribution in [3.8, 4) is 0 Å². The maximum absolute atomic E-state index is 12.1. The van der Waals surface area contributed by atoms with E-state index in [9.17, 15) is 4.79 Å². The van der Waals surface area contributed by atoms with Crippen LogP contribution in [0.3, 0.4) is 0 Å². The summed E-state index contributed by atoms with van der Waals surface area (Å²) in [5.74, 6) is 1.54. The van der Waals surface area contributed by atoms with Gasteiger partial charge in [0.25, 0.3) is 5.91 Å². The van der Waals surface area contributed by atoms with Crippen LogP contribution in [0.4, 0.5) is 0 Å². The molecule has 2 unspecified atom stereocenters. The lowest BCUT2D eigenvalue weighted by atomic mass is 9.83. The molecule has 19 heavy (non-hydrogen) atoms. The Labute approximate surface area is 114 Å². The minimum absolute atomic E-state index is 0.135. The number of aromatic amines is 1. The summed E-state index contributed by atoms with van der Waals surface area (Å²) in [5.41, 5.74) is 0. The normalized spacial score (nSPS) is 23.3. The smallest absolute Gasteiger partial charge is 0.291 e. The van der Waals surface area contributed by atoms with Gasteiger partial charge in [0.2, 0.25) is 5.82 Å². The Kier molecular flexibility index (Phi) is 4.93. The SMILES string of the molecule is CCCc1nc(C(=O)NC2CCCCC2CC)n[nH]1. The first-order chi connectivity index (χ1) is 9.24. The zero-order valence-electron chi connectivity index (χ0n) is 11.9. The van der Waals surface area contributed by atoms with Crippen LogP contribution in [0.15, 0.2) is 0 Å². The van der Waals surface area contributed by atoms with Gasteiger partial charge in [-0.15, -0.1) is 5.10 Å². The first kappa shape index (κ1) is 14.0. The summed E-state index contributed by atoms with van der Waals surface area (Å²) in [7, 11) is 0. The third-order valence-corrected chi connectivity index (χ3v) is 3.97. The molecule has 5 nitrogen and oxygen atoms in total. The van der Waals surface area contributed by atoms with Crippen LogP contribution in [0.25, 0.3) is 0 Å². The number of aromatic nitrogens is 3. The highest BCUT2D eigenvalue weighted by molar-refractivity contribution is 5.90. The summed E-state index contributed by atoms with van der Waals surface area (Å²) in [5, 5.41) is 9.94. The van der Waals surface area contributed by atoms with Crippen molar-refractivity contribution in [2.45, 2.75) is 64.8 Å². The molecule has 2 N–H and O–H groups in total. The summed E-state index contributed by atoms with van der Waals surface area (Å²) in [4.78, 5) is 16.4. The largest absolute Gasteiger partial charge is 0.346 e. The fraction of sp³-hybridized carbons (Fsp3) is 0.786. The van der Waals surface area contributed by atoms with E-state index in [1.54, 1.807) is 0 Å². The second-order valence-corrected chi connectivity index (χ2v) is 5.39. The molecule has 0 aliphatic heterocycles. The van der Waals surface area contributed by atoms with Crippen molar-refractivity contribution in [1.29, 1.82) is 0 Å². The third kappa shape index (κ3) is 3.55. The molecule has 1 aromatic rings. The molecule has 5 heteroatoms. The molecule has 0 radical (unpaired) electrons. The van der Waals surface area contributed by atoms with Gasteiger partial charge in [-0.1, -0.05) is 33.1 Å². The van der Waals surface area contributed by atoms with E-state index in [4.69, 9.17) is 0 Å². The molecule has 1 amide bonds. The molecule has 1 aliphatic rings. The summed E-state index contributed by atoms with van der Waals surface area (Å²) < 4.78 is 0. The summed E-state index contributed by atoms with van der Waals surface area (Å²) >= 11 is 0. The molecule has 0 bridgehead atoms. The van der Waals surface area contributed by atoms with E-state index in [1.165, 1.54) is 19.3 Å². The van der Waals surface area contributed by atoms with Crippen LogP contribution < -0.4 is 5.32 Å². The van der Waals surface area contributed by atoms with Gasteiger partial charge in [-0.25, -0.2) is 4.98 Å². The van der Waals surface area contributed by atoms with Crippen molar-refractivity contribution in [2.24, 2.45) is 5.92 Å². The lowest BCUT2D eigenvalue weighted by molar-refractivity contribution is 0.0894. The predicted molar refractivity (Wildman–Crippen MR) is 73.9 cm³/mol. The van der Waals surface area contributed by atoms with Crippen molar-refractivity contribution in [3.63, 3.8) is 0 Å². The van der Waals surface area contributed by atoms with Crippen LogP contribution in [-0.2, 0) is 6.42 Å². The maximum Gasteiger partial charge on any atom is 0.291 e. The summed E-state index contributed by atoms with van der Waals surface area (Å²) in [6, 6.07) is 0.291. The van der Waals surface area contributed by atoms with Crippen LogP contribution in [0.2, 0.25) is 0 Å². The lowest BCUT2D eigenvalue weighted by Crippen LogP contribution is -2.42. The number of rotatable bonds is 5. The zero-order chi connectivity index (χ0) is 13.7. The molecule has 2 atom stereocenters. The third-order valence-electron chi connectivity index (χ3n) is 3.97. The first-order valence-electron chi connectivity index (χ1n) is 7.46. The summed E-state index contributed by atoms with van der Waals surface area (Å²) in [6.07, 6.45) is 7.74. The fourth-order valence-corrected chi connectivity index (χ4v) is 2.86. The van der Waals surface area contributed by atoms with E-state index in [-0.39, 0.29) is 11.7 Å². The van der Waals surface area contributed by atoms with E-state index in [0.29, 0.717) is 12.0 Å². The quantitative estimate of drug-likeness (QED) is 0.858. The van der Waals surface area contributed by atoms with Crippen LogP contribution in [0, 0.1) is 5.92 Å². The van der Waals surface area contributed by atoms with Crippen molar-refractivity contribution >= 4 is 5.91 Å².